The summed E-state index contributed by atoms with van der Waals surface area (Å²) in [6, 6.07) is 20.3. The van der Waals surface area contributed by atoms with Gasteiger partial charge in [-0.3, -0.25) is 4.79 Å². The first kappa shape index (κ1) is 18.9. The van der Waals surface area contributed by atoms with Crippen LogP contribution in [0.1, 0.15) is 43.4 Å². The molecule has 0 fully saturated rings. The Morgan fingerprint density at radius 1 is 0.963 bits per heavy atom. The number of hydrogen-bond acceptors (Lipinski definition) is 3. The van der Waals surface area contributed by atoms with E-state index in [1.165, 1.54) is 11.1 Å². The molecular weight excluding hydrogens is 336 g/mol. The van der Waals surface area contributed by atoms with E-state index in [1.54, 1.807) is 0 Å². The number of hydrogen-bond donors (Lipinski definition) is 1. The second kappa shape index (κ2) is 8.21. The predicted molar refractivity (Wildman–Crippen MR) is 108 cm³/mol. The van der Waals surface area contributed by atoms with Crippen molar-refractivity contribution < 1.29 is 9.32 Å². The van der Waals surface area contributed by atoms with E-state index in [9.17, 15) is 4.79 Å². The van der Waals surface area contributed by atoms with Crippen LogP contribution in [0.3, 0.4) is 0 Å². The molecule has 1 aromatic heterocycles. The number of carbonyl (C=O) groups is 1. The second-order valence-corrected chi connectivity index (χ2v) is 7.84. The van der Waals surface area contributed by atoms with Gasteiger partial charge in [0, 0.05) is 17.2 Å². The lowest BCUT2D eigenvalue weighted by Crippen LogP contribution is -2.14. The van der Waals surface area contributed by atoms with Crippen LogP contribution in [-0.4, -0.2) is 11.1 Å². The van der Waals surface area contributed by atoms with Gasteiger partial charge in [0.1, 0.15) is 5.76 Å². The fraction of sp³-hybridized carbons (Fsp3) is 0.304. The van der Waals surface area contributed by atoms with Crippen molar-refractivity contribution in [3.8, 4) is 0 Å². The Kier molecular flexibility index (Phi) is 5.75. The quantitative estimate of drug-likeness (QED) is 0.676. The van der Waals surface area contributed by atoms with Crippen molar-refractivity contribution in [1.29, 1.82) is 0 Å². The third-order valence-corrected chi connectivity index (χ3v) is 4.42. The highest BCUT2D eigenvalue weighted by atomic mass is 16.5. The number of anilines is 1. The Morgan fingerprint density at radius 2 is 1.59 bits per heavy atom. The molecule has 0 spiro atoms. The van der Waals surface area contributed by atoms with Gasteiger partial charge in [0.25, 0.3) is 0 Å². The summed E-state index contributed by atoms with van der Waals surface area (Å²) in [6.07, 6.45) is 2.19. The molecule has 140 valence electrons. The van der Waals surface area contributed by atoms with Crippen molar-refractivity contribution in [2.24, 2.45) is 0 Å². The topological polar surface area (TPSA) is 55.1 Å². The number of amides is 1. The molecule has 0 saturated heterocycles. The molecule has 4 nitrogen and oxygen atoms in total. The zero-order valence-corrected chi connectivity index (χ0v) is 16.2. The summed E-state index contributed by atoms with van der Waals surface area (Å²) in [4.78, 5) is 12.2. The van der Waals surface area contributed by atoms with Crippen LogP contribution in [0.5, 0.6) is 0 Å². The summed E-state index contributed by atoms with van der Waals surface area (Å²) in [5.74, 6) is 0.689. The Labute approximate surface area is 160 Å². The summed E-state index contributed by atoms with van der Waals surface area (Å²) in [5.41, 5.74) is 3.91. The van der Waals surface area contributed by atoms with Gasteiger partial charge < -0.3 is 9.84 Å². The van der Waals surface area contributed by atoms with Crippen molar-refractivity contribution in [2.45, 2.75) is 45.4 Å². The van der Waals surface area contributed by atoms with Crippen molar-refractivity contribution in [3.05, 3.63) is 83.2 Å². The first-order chi connectivity index (χ1) is 12.9. The van der Waals surface area contributed by atoms with Crippen LogP contribution in [0.25, 0.3) is 0 Å². The van der Waals surface area contributed by atoms with E-state index in [4.69, 9.17) is 4.52 Å². The van der Waals surface area contributed by atoms with Crippen LogP contribution in [0, 0.1) is 0 Å². The van der Waals surface area contributed by atoms with E-state index < -0.39 is 0 Å². The Balaban J connectivity index is 1.51. The maximum atomic E-state index is 12.2. The summed E-state index contributed by atoms with van der Waals surface area (Å²) < 4.78 is 5.33. The lowest BCUT2D eigenvalue weighted by atomic mass is 9.93. The van der Waals surface area contributed by atoms with Gasteiger partial charge in [-0.1, -0.05) is 68.4 Å². The molecule has 0 saturated carbocycles. The molecule has 0 radical (unpaired) electrons. The molecular formula is C23H26N2O2. The lowest BCUT2D eigenvalue weighted by Gasteiger charge is -2.12. The lowest BCUT2D eigenvalue weighted by molar-refractivity contribution is -0.115. The van der Waals surface area contributed by atoms with E-state index in [0.717, 1.165) is 24.3 Å². The minimum Gasteiger partial charge on any atom is -0.361 e. The van der Waals surface area contributed by atoms with Crippen LogP contribution < -0.4 is 5.32 Å². The fourth-order valence-electron chi connectivity index (χ4n) is 2.81. The molecule has 0 unspecified atom stereocenters. The number of carbonyl (C=O) groups excluding carboxylic acids is 1. The SMILES string of the molecule is CC(C)(C)c1cc(CC(=O)Nc2ccc(CCc3ccccc3)cc2)no1. The average molecular weight is 362 g/mol. The zero-order valence-electron chi connectivity index (χ0n) is 16.2. The third kappa shape index (κ3) is 5.55. The third-order valence-electron chi connectivity index (χ3n) is 4.42. The standard InChI is InChI=1S/C23H26N2O2/c1-23(2,3)21-15-20(25-27-21)16-22(26)24-19-13-11-18(12-14-19)10-9-17-7-5-4-6-8-17/h4-8,11-15H,9-10,16H2,1-3H3,(H,24,26). The van der Waals surface area contributed by atoms with Crippen molar-refractivity contribution >= 4 is 11.6 Å². The van der Waals surface area contributed by atoms with E-state index in [0.29, 0.717) is 5.69 Å². The van der Waals surface area contributed by atoms with E-state index >= 15 is 0 Å². The summed E-state index contributed by atoms with van der Waals surface area (Å²) >= 11 is 0. The fourth-order valence-corrected chi connectivity index (χ4v) is 2.81. The largest absolute Gasteiger partial charge is 0.361 e. The Morgan fingerprint density at radius 3 is 2.19 bits per heavy atom. The zero-order chi connectivity index (χ0) is 19.3. The highest BCUT2D eigenvalue weighted by molar-refractivity contribution is 5.92. The molecule has 0 aliphatic heterocycles. The molecule has 27 heavy (non-hydrogen) atoms. The van der Waals surface area contributed by atoms with Crippen LogP contribution in [-0.2, 0) is 29.5 Å². The molecule has 3 aromatic rings. The number of aryl methyl sites for hydroxylation is 2. The van der Waals surface area contributed by atoms with Crippen LogP contribution in [0.15, 0.2) is 65.2 Å². The molecule has 0 bridgehead atoms. The summed E-state index contributed by atoms with van der Waals surface area (Å²) in [6.45, 7) is 6.16. The van der Waals surface area contributed by atoms with E-state index in [-0.39, 0.29) is 17.7 Å². The molecule has 1 amide bonds. The van der Waals surface area contributed by atoms with E-state index in [1.807, 2.05) is 24.3 Å². The molecule has 3 rings (SSSR count). The summed E-state index contributed by atoms with van der Waals surface area (Å²) in [5, 5.41) is 6.91. The highest BCUT2D eigenvalue weighted by Crippen LogP contribution is 2.23. The number of nitrogens with one attached hydrogen (secondary N) is 1. The van der Waals surface area contributed by atoms with Crippen LogP contribution >= 0.6 is 0 Å². The van der Waals surface area contributed by atoms with Gasteiger partial charge in [-0.2, -0.15) is 0 Å². The monoisotopic (exact) mass is 362 g/mol. The summed E-state index contributed by atoms with van der Waals surface area (Å²) in [7, 11) is 0. The van der Waals surface area contributed by atoms with Crippen molar-refractivity contribution in [2.75, 3.05) is 5.32 Å². The number of benzene rings is 2. The Hall–Kier alpha value is -2.88. The first-order valence-corrected chi connectivity index (χ1v) is 9.29. The number of rotatable bonds is 6. The molecule has 0 atom stereocenters. The van der Waals surface area contributed by atoms with Crippen LogP contribution in [0.2, 0.25) is 0 Å². The Bertz CT molecular complexity index is 875. The van der Waals surface area contributed by atoms with Gasteiger partial charge in [-0.15, -0.1) is 0 Å². The first-order valence-electron chi connectivity index (χ1n) is 9.29. The number of aromatic nitrogens is 1. The molecule has 1 heterocycles. The maximum absolute atomic E-state index is 12.2. The maximum Gasteiger partial charge on any atom is 0.230 e. The normalized spacial score (nSPS) is 11.4. The van der Waals surface area contributed by atoms with Gasteiger partial charge in [-0.05, 0) is 36.1 Å². The van der Waals surface area contributed by atoms with Gasteiger partial charge in [0.2, 0.25) is 5.91 Å². The minimum atomic E-state index is -0.114. The highest BCUT2D eigenvalue weighted by Gasteiger charge is 2.20. The predicted octanol–water partition coefficient (Wildman–Crippen LogP) is 4.94. The van der Waals surface area contributed by atoms with Gasteiger partial charge >= 0.3 is 0 Å². The van der Waals surface area contributed by atoms with Crippen molar-refractivity contribution in [1.82, 2.24) is 5.16 Å². The van der Waals surface area contributed by atoms with Crippen molar-refractivity contribution in [3.63, 3.8) is 0 Å². The van der Waals surface area contributed by atoms with E-state index in [2.05, 4.69) is 67.6 Å². The molecule has 1 N–H and O–H groups in total. The van der Waals surface area contributed by atoms with Gasteiger partial charge in [-0.25, -0.2) is 0 Å². The minimum absolute atomic E-state index is 0.0965. The molecule has 2 aromatic carbocycles. The molecule has 0 aliphatic carbocycles. The van der Waals surface area contributed by atoms with Gasteiger partial charge in [0.05, 0.1) is 12.1 Å². The second-order valence-electron chi connectivity index (χ2n) is 7.84. The smallest absolute Gasteiger partial charge is 0.230 e. The average Bonchev–Trinajstić information content (AvgIpc) is 3.11. The van der Waals surface area contributed by atoms with Crippen LogP contribution in [0.4, 0.5) is 5.69 Å². The van der Waals surface area contributed by atoms with Gasteiger partial charge in [0.15, 0.2) is 0 Å². The molecule has 0 aliphatic rings. The molecule has 4 heteroatoms. The number of nitrogens with zero attached hydrogens (tertiary/aromatic N) is 1.